The summed E-state index contributed by atoms with van der Waals surface area (Å²) in [5, 5.41) is 0. The maximum atomic E-state index is 5.99. The molecule has 0 aromatic heterocycles. The van der Waals surface area contributed by atoms with E-state index in [1.54, 1.807) is 0 Å². The summed E-state index contributed by atoms with van der Waals surface area (Å²) in [7, 11) is 0. The molecule has 1 aromatic carbocycles. The third-order valence-electron chi connectivity index (χ3n) is 2.86. The molecule has 1 aliphatic heterocycles. The van der Waals surface area contributed by atoms with E-state index in [9.17, 15) is 0 Å². The highest BCUT2D eigenvalue weighted by molar-refractivity contribution is 5.50. The Morgan fingerprint density at radius 3 is 1.94 bits per heavy atom. The van der Waals surface area contributed by atoms with Gasteiger partial charge in [-0.05, 0) is 36.1 Å². The van der Waals surface area contributed by atoms with E-state index >= 15 is 0 Å². The molecule has 0 aliphatic carbocycles. The fraction of sp³-hybridized carbons (Fsp3) is 0.538. The van der Waals surface area contributed by atoms with E-state index in [-0.39, 0.29) is 6.04 Å². The number of hydrogen-bond donors (Lipinski definition) is 1. The molecule has 3 nitrogen and oxygen atoms in total. The highest BCUT2D eigenvalue weighted by Crippen LogP contribution is 2.37. The fourth-order valence-corrected chi connectivity index (χ4v) is 2.01. The maximum absolute atomic E-state index is 5.99. The summed E-state index contributed by atoms with van der Waals surface area (Å²) in [5.41, 5.74) is 8.39. The summed E-state index contributed by atoms with van der Waals surface area (Å²) in [6, 6.07) is 4.11. The molecule has 0 spiro atoms. The quantitative estimate of drug-likeness (QED) is 0.834. The summed E-state index contributed by atoms with van der Waals surface area (Å²) in [4.78, 5) is 0. The van der Waals surface area contributed by atoms with Crippen LogP contribution in [0, 0.1) is 0 Å². The molecule has 88 valence electrons. The highest BCUT2D eigenvalue weighted by atomic mass is 16.6. The van der Waals surface area contributed by atoms with Crippen LogP contribution in [-0.2, 0) is 0 Å². The minimum Gasteiger partial charge on any atom is -0.486 e. The molecule has 1 aromatic rings. The summed E-state index contributed by atoms with van der Waals surface area (Å²) in [6.07, 6.45) is 0. The largest absolute Gasteiger partial charge is 0.486 e. The first-order valence-electron chi connectivity index (χ1n) is 5.78. The van der Waals surface area contributed by atoms with Crippen molar-refractivity contribution in [3.05, 3.63) is 23.3 Å². The average molecular weight is 221 g/mol. The van der Waals surface area contributed by atoms with E-state index in [1.165, 1.54) is 5.56 Å². The molecule has 0 fully saturated rings. The molecule has 16 heavy (non-hydrogen) atoms. The number of ether oxygens (including phenoxy) is 2. The van der Waals surface area contributed by atoms with Gasteiger partial charge in [-0.3, -0.25) is 0 Å². The van der Waals surface area contributed by atoms with Crippen molar-refractivity contribution < 1.29 is 9.47 Å². The van der Waals surface area contributed by atoms with E-state index in [0.717, 1.165) is 17.1 Å². The molecule has 2 rings (SSSR count). The SMILES string of the molecule is CC(C)c1cc2c(cc1C(C)N)OCCO2. The Balaban J connectivity index is 2.50. The second kappa shape index (κ2) is 4.34. The first-order chi connectivity index (χ1) is 7.59. The lowest BCUT2D eigenvalue weighted by Crippen LogP contribution is -2.17. The number of benzene rings is 1. The third-order valence-corrected chi connectivity index (χ3v) is 2.86. The van der Waals surface area contributed by atoms with Gasteiger partial charge >= 0.3 is 0 Å². The molecule has 1 atom stereocenters. The van der Waals surface area contributed by atoms with Crippen molar-refractivity contribution in [1.29, 1.82) is 0 Å². The number of hydrogen-bond acceptors (Lipinski definition) is 3. The van der Waals surface area contributed by atoms with Crippen molar-refractivity contribution in [1.82, 2.24) is 0 Å². The van der Waals surface area contributed by atoms with Crippen LogP contribution in [0.5, 0.6) is 11.5 Å². The van der Waals surface area contributed by atoms with Gasteiger partial charge in [0.25, 0.3) is 0 Å². The van der Waals surface area contributed by atoms with Crippen molar-refractivity contribution in [2.45, 2.75) is 32.7 Å². The van der Waals surface area contributed by atoms with Crippen LogP contribution >= 0.6 is 0 Å². The standard InChI is InChI=1S/C13H19NO2/c1-8(2)10-6-12-13(16-5-4-15-12)7-11(10)9(3)14/h6-9H,4-5,14H2,1-3H3. The Morgan fingerprint density at radius 2 is 1.50 bits per heavy atom. The normalized spacial score (nSPS) is 16.3. The summed E-state index contributed by atoms with van der Waals surface area (Å²) in [6.45, 7) is 7.57. The van der Waals surface area contributed by atoms with Crippen molar-refractivity contribution in [3.8, 4) is 11.5 Å². The van der Waals surface area contributed by atoms with Crippen LogP contribution in [0.25, 0.3) is 0 Å². The average Bonchev–Trinajstić information content (AvgIpc) is 2.27. The predicted octanol–water partition coefficient (Wildman–Crippen LogP) is 2.60. The molecule has 2 N–H and O–H groups in total. The highest BCUT2D eigenvalue weighted by Gasteiger charge is 2.18. The van der Waals surface area contributed by atoms with Gasteiger partial charge in [-0.2, -0.15) is 0 Å². The first kappa shape index (κ1) is 11.3. The number of fused-ring (bicyclic) bond motifs is 1. The predicted molar refractivity (Wildman–Crippen MR) is 64.1 cm³/mol. The Morgan fingerprint density at radius 1 is 1.00 bits per heavy atom. The fourth-order valence-electron chi connectivity index (χ4n) is 2.01. The van der Waals surface area contributed by atoms with Gasteiger partial charge in [0.05, 0.1) is 0 Å². The van der Waals surface area contributed by atoms with Crippen LogP contribution in [0.1, 0.15) is 43.9 Å². The van der Waals surface area contributed by atoms with Gasteiger partial charge in [0, 0.05) is 6.04 Å². The van der Waals surface area contributed by atoms with Gasteiger partial charge in [-0.1, -0.05) is 13.8 Å². The molecule has 0 saturated heterocycles. The summed E-state index contributed by atoms with van der Waals surface area (Å²) < 4.78 is 11.2. The summed E-state index contributed by atoms with van der Waals surface area (Å²) >= 11 is 0. The summed E-state index contributed by atoms with van der Waals surface area (Å²) in [5.74, 6) is 2.11. The van der Waals surface area contributed by atoms with Crippen LogP contribution < -0.4 is 15.2 Å². The second-order valence-electron chi connectivity index (χ2n) is 4.57. The Labute approximate surface area is 96.5 Å². The minimum absolute atomic E-state index is 0.0215. The van der Waals surface area contributed by atoms with E-state index in [4.69, 9.17) is 15.2 Å². The van der Waals surface area contributed by atoms with Gasteiger partial charge in [0.2, 0.25) is 0 Å². The smallest absolute Gasteiger partial charge is 0.161 e. The molecule has 0 amide bonds. The molecular formula is C13H19NO2. The van der Waals surface area contributed by atoms with Crippen molar-refractivity contribution in [3.63, 3.8) is 0 Å². The van der Waals surface area contributed by atoms with Crippen LogP contribution in [0.2, 0.25) is 0 Å². The van der Waals surface area contributed by atoms with Gasteiger partial charge < -0.3 is 15.2 Å². The maximum Gasteiger partial charge on any atom is 0.161 e. The van der Waals surface area contributed by atoms with Crippen molar-refractivity contribution >= 4 is 0 Å². The van der Waals surface area contributed by atoms with Crippen LogP contribution in [0.4, 0.5) is 0 Å². The van der Waals surface area contributed by atoms with Crippen LogP contribution in [0.15, 0.2) is 12.1 Å². The molecule has 1 heterocycles. The van der Waals surface area contributed by atoms with Gasteiger partial charge in [-0.25, -0.2) is 0 Å². The monoisotopic (exact) mass is 221 g/mol. The van der Waals surface area contributed by atoms with E-state index in [1.807, 2.05) is 13.0 Å². The van der Waals surface area contributed by atoms with Crippen molar-refractivity contribution in [2.75, 3.05) is 13.2 Å². The van der Waals surface area contributed by atoms with Crippen LogP contribution in [0.3, 0.4) is 0 Å². The number of rotatable bonds is 2. The molecule has 0 radical (unpaired) electrons. The zero-order valence-electron chi connectivity index (χ0n) is 10.1. The lowest BCUT2D eigenvalue weighted by atomic mass is 9.93. The Hall–Kier alpha value is -1.22. The zero-order chi connectivity index (χ0) is 11.7. The molecular weight excluding hydrogens is 202 g/mol. The first-order valence-corrected chi connectivity index (χ1v) is 5.78. The Kier molecular flexibility index (Phi) is 3.06. The lowest BCUT2D eigenvalue weighted by Gasteiger charge is -2.23. The molecule has 0 saturated carbocycles. The molecule has 3 heteroatoms. The topological polar surface area (TPSA) is 44.5 Å². The zero-order valence-corrected chi connectivity index (χ0v) is 10.1. The van der Waals surface area contributed by atoms with E-state index in [0.29, 0.717) is 19.1 Å². The van der Waals surface area contributed by atoms with Crippen molar-refractivity contribution in [2.24, 2.45) is 5.73 Å². The molecule has 1 unspecified atom stereocenters. The van der Waals surface area contributed by atoms with E-state index < -0.39 is 0 Å². The Bertz CT molecular complexity index is 349. The van der Waals surface area contributed by atoms with Gasteiger partial charge in [0.15, 0.2) is 11.5 Å². The molecule has 1 aliphatic rings. The second-order valence-corrected chi connectivity index (χ2v) is 4.57. The van der Waals surface area contributed by atoms with Gasteiger partial charge in [0.1, 0.15) is 13.2 Å². The lowest BCUT2D eigenvalue weighted by molar-refractivity contribution is 0.171. The third kappa shape index (κ3) is 2.00. The van der Waals surface area contributed by atoms with Crippen LogP contribution in [-0.4, -0.2) is 13.2 Å². The molecule has 0 bridgehead atoms. The number of nitrogens with two attached hydrogens (primary N) is 1. The van der Waals surface area contributed by atoms with E-state index in [2.05, 4.69) is 19.9 Å². The van der Waals surface area contributed by atoms with Gasteiger partial charge in [-0.15, -0.1) is 0 Å². The minimum atomic E-state index is 0.0215.